The summed E-state index contributed by atoms with van der Waals surface area (Å²) in [5.74, 6) is -0.265. The number of imide groups is 1. The molecule has 0 radical (unpaired) electrons. The van der Waals surface area contributed by atoms with Crippen LogP contribution >= 0.6 is 11.6 Å². The van der Waals surface area contributed by atoms with Gasteiger partial charge in [-0.15, -0.1) is 5.10 Å². The van der Waals surface area contributed by atoms with Gasteiger partial charge >= 0.3 is 18.3 Å². The lowest BCUT2D eigenvalue weighted by Crippen LogP contribution is -2.44. The highest BCUT2D eigenvalue weighted by atomic mass is 35.5. The molecule has 0 saturated heterocycles. The van der Waals surface area contributed by atoms with Crippen LogP contribution in [-0.2, 0) is 14.2 Å². The molecule has 210 valence electrons. The van der Waals surface area contributed by atoms with E-state index in [0.717, 1.165) is 4.68 Å². The highest BCUT2D eigenvalue weighted by Crippen LogP contribution is 2.37. The average Bonchev–Trinajstić information content (AvgIpc) is 3.10. The van der Waals surface area contributed by atoms with Gasteiger partial charge in [0.15, 0.2) is 5.82 Å². The van der Waals surface area contributed by atoms with Crippen LogP contribution in [0.15, 0.2) is 36.4 Å². The maximum atomic E-state index is 13.4. The summed E-state index contributed by atoms with van der Waals surface area (Å²) in [6.45, 7) is 15.0. The molecule has 1 heterocycles. The molecule has 0 fully saturated rings. The second-order valence-corrected chi connectivity index (χ2v) is 12.3. The molecular formula is C28H34ClN3O7. The van der Waals surface area contributed by atoms with Crippen LogP contribution in [0.3, 0.4) is 0 Å². The van der Waals surface area contributed by atoms with Gasteiger partial charge in [-0.1, -0.05) is 17.7 Å². The summed E-state index contributed by atoms with van der Waals surface area (Å²) in [5.41, 5.74) is -1.65. The monoisotopic (exact) mass is 559 g/mol. The Bertz CT molecular complexity index is 1400. The quantitative estimate of drug-likeness (QED) is 0.320. The third-order valence-electron chi connectivity index (χ3n) is 4.86. The topological polar surface area (TPSA) is 120 Å². The van der Waals surface area contributed by atoms with E-state index in [0.29, 0.717) is 21.0 Å². The molecule has 2 aromatic carbocycles. The first-order chi connectivity index (χ1) is 17.8. The van der Waals surface area contributed by atoms with Crippen molar-refractivity contribution in [2.24, 2.45) is 0 Å². The molecule has 39 heavy (non-hydrogen) atoms. The molecule has 0 atom stereocenters. The second-order valence-electron chi connectivity index (χ2n) is 11.9. The van der Waals surface area contributed by atoms with Gasteiger partial charge in [0.1, 0.15) is 22.6 Å². The van der Waals surface area contributed by atoms with E-state index in [4.69, 9.17) is 25.8 Å². The fourth-order valence-electron chi connectivity index (χ4n) is 3.48. The van der Waals surface area contributed by atoms with E-state index in [1.54, 1.807) is 86.6 Å². The number of aromatic nitrogens is 2. The van der Waals surface area contributed by atoms with E-state index in [1.165, 1.54) is 12.1 Å². The summed E-state index contributed by atoms with van der Waals surface area (Å²) < 4.78 is 17.5. The van der Waals surface area contributed by atoms with Crippen molar-refractivity contribution in [1.29, 1.82) is 0 Å². The molecule has 0 aliphatic heterocycles. The van der Waals surface area contributed by atoms with E-state index in [9.17, 15) is 19.5 Å². The molecule has 3 rings (SSSR count). The number of halogens is 1. The molecule has 3 aromatic rings. The SMILES string of the molecule is CC(C)(C)OC(=O)N(C(=O)OC(C)(C)C)c1nn(C(=O)OC(C)(C)C)c2ccc(-c3cc(Cl)ccc3O)cc12. The normalized spacial score (nSPS) is 12.3. The summed E-state index contributed by atoms with van der Waals surface area (Å²) in [6, 6.07) is 9.33. The zero-order chi connectivity index (χ0) is 29.5. The lowest BCUT2D eigenvalue weighted by atomic mass is 10.0. The molecule has 1 aromatic heterocycles. The number of phenols is 1. The molecule has 2 amide bonds. The Labute approximate surface area is 232 Å². The van der Waals surface area contributed by atoms with Gasteiger partial charge in [0, 0.05) is 16.0 Å². The third kappa shape index (κ3) is 7.41. The van der Waals surface area contributed by atoms with Crippen LogP contribution < -0.4 is 4.90 Å². The highest BCUT2D eigenvalue weighted by Gasteiger charge is 2.37. The molecule has 0 aliphatic rings. The van der Waals surface area contributed by atoms with E-state index in [2.05, 4.69) is 5.10 Å². The number of carbonyl (C=O) groups excluding carboxylic acids is 3. The van der Waals surface area contributed by atoms with Crippen molar-refractivity contribution in [3.05, 3.63) is 41.4 Å². The minimum atomic E-state index is -1.05. The number of fused-ring (bicyclic) bond motifs is 1. The summed E-state index contributed by atoms with van der Waals surface area (Å²) in [5, 5.41) is 15.4. The largest absolute Gasteiger partial charge is 0.507 e. The van der Waals surface area contributed by atoms with Gasteiger partial charge in [0.2, 0.25) is 0 Å². The predicted octanol–water partition coefficient (Wildman–Crippen LogP) is 7.52. The van der Waals surface area contributed by atoms with Crippen molar-refractivity contribution in [3.8, 4) is 16.9 Å². The summed E-state index contributed by atoms with van der Waals surface area (Å²) in [4.78, 5) is 40.5. The fraction of sp³-hybridized carbons (Fsp3) is 0.429. The van der Waals surface area contributed by atoms with Crippen LogP contribution in [0.4, 0.5) is 20.2 Å². The van der Waals surface area contributed by atoms with Crippen LogP contribution in [0.5, 0.6) is 5.75 Å². The average molecular weight is 560 g/mol. The highest BCUT2D eigenvalue weighted by molar-refractivity contribution is 6.31. The predicted molar refractivity (Wildman–Crippen MR) is 148 cm³/mol. The number of anilines is 1. The number of benzene rings is 2. The zero-order valence-corrected chi connectivity index (χ0v) is 24.3. The fourth-order valence-corrected chi connectivity index (χ4v) is 3.65. The van der Waals surface area contributed by atoms with Crippen molar-refractivity contribution < 1.29 is 33.7 Å². The smallest absolute Gasteiger partial charge is 0.435 e. The van der Waals surface area contributed by atoms with Crippen molar-refractivity contribution in [1.82, 2.24) is 9.78 Å². The molecule has 11 heteroatoms. The van der Waals surface area contributed by atoms with Gasteiger partial charge in [0.25, 0.3) is 0 Å². The summed E-state index contributed by atoms with van der Waals surface area (Å²) in [7, 11) is 0. The van der Waals surface area contributed by atoms with Gasteiger partial charge in [-0.2, -0.15) is 9.58 Å². The number of amides is 2. The standard InChI is InChI=1S/C28H34ClN3O7/c1-26(2,3)37-23(34)31(24(35)38-27(4,5)6)22-19-14-16(18-15-17(29)11-13-21(18)33)10-12-20(19)32(30-22)25(36)39-28(7,8)9/h10-15,33H,1-9H3. The van der Waals surface area contributed by atoms with Gasteiger partial charge in [-0.05, 0) is 98.2 Å². The first-order valence-electron chi connectivity index (χ1n) is 12.3. The maximum absolute atomic E-state index is 13.4. The molecule has 10 nitrogen and oxygen atoms in total. The van der Waals surface area contributed by atoms with Crippen LogP contribution in [0.25, 0.3) is 22.0 Å². The second kappa shape index (κ2) is 10.4. The number of phenolic OH excluding ortho intramolecular Hbond substituents is 1. The Morgan fingerprint density at radius 3 is 1.87 bits per heavy atom. The van der Waals surface area contributed by atoms with E-state index in [1.807, 2.05) is 0 Å². The van der Waals surface area contributed by atoms with Crippen molar-refractivity contribution in [3.63, 3.8) is 0 Å². The Morgan fingerprint density at radius 2 is 1.36 bits per heavy atom. The van der Waals surface area contributed by atoms with Crippen LogP contribution in [0, 0.1) is 0 Å². The number of rotatable bonds is 2. The Balaban J connectivity index is 2.32. The number of aromatic hydroxyl groups is 1. The van der Waals surface area contributed by atoms with Gasteiger partial charge in [-0.25, -0.2) is 14.4 Å². The maximum Gasteiger partial charge on any atom is 0.435 e. The van der Waals surface area contributed by atoms with Gasteiger partial charge in [-0.3, -0.25) is 0 Å². The summed E-state index contributed by atoms with van der Waals surface area (Å²) >= 11 is 6.16. The lowest BCUT2D eigenvalue weighted by molar-refractivity contribution is 0.0421. The molecular weight excluding hydrogens is 526 g/mol. The molecule has 0 unspecified atom stereocenters. The van der Waals surface area contributed by atoms with E-state index in [-0.39, 0.29) is 22.5 Å². The van der Waals surface area contributed by atoms with Crippen molar-refractivity contribution in [2.45, 2.75) is 79.1 Å². The molecule has 1 N–H and O–H groups in total. The number of carbonyl (C=O) groups is 3. The number of hydrogen-bond acceptors (Lipinski definition) is 8. The molecule has 0 spiro atoms. The number of hydrogen-bond donors (Lipinski definition) is 1. The Kier molecular flexibility index (Phi) is 7.94. The van der Waals surface area contributed by atoms with Crippen LogP contribution in [0.2, 0.25) is 5.02 Å². The van der Waals surface area contributed by atoms with Crippen molar-refractivity contribution in [2.75, 3.05) is 4.90 Å². The van der Waals surface area contributed by atoms with Crippen LogP contribution in [0.1, 0.15) is 62.3 Å². The number of nitrogens with zero attached hydrogens (tertiary/aromatic N) is 3. The molecule has 0 aliphatic carbocycles. The third-order valence-corrected chi connectivity index (χ3v) is 5.10. The van der Waals surface area contributed by atoms with Gasteiger partial charge < -0.3 is 19.3 Å². The summed E-state index contributed by atoms with van der Waals surface area (Å²) in [6.07, 6.45) is -2.93. The minimum Gasteiger partial charge on any atom is -0.507 e. The van der Waals surface area contributed by atoms with Gasteiger partial charge in [0.05, 0.1) is 5.52 Å². The first kappa shape index (κ1) is 29.8. The lowest BCUT2D eigenvalue weighted by Gasteiger charge is -2.27. The first-order valence-corrected chi connectivity index (χ1v) is 12.6. The van der Waals surface area contributed by atoms with Crippen LogP contribution in [-0.4, -0.2) is 50.0 Å². The molecule has 0 bridgehead atoms. The van der Waals surface area contributed by atoms with E-state index >= 15 is 0 Å². The molecule has 0 saturated carbocycles. The van der Waals surface area contributed by atoms with E-state index < -0.39 is 35.1 Å². The Hall–Kier alpha value is -3.79. The van der Waals surface area contributed by atoms with Crippen molar-refractivity contribution >= 4 is 46.6 Å². The minimum absolute atomic E-state index is 0.0454. The number of ether oxygens (including phenoxy) is 3. The Morgan fingerprint density at radius 1 is 0.821 bits per heavy atom. The zero-order valence-electron chi connectivity index (χ0n) is 23.6.